The Morgan fingerprint density at radius 2 is 2.08 bits per heavy atom. The number of ether oxygens (including phenoxy) is 2. The largest absolute Gasteiger partial charge is 0.469 e. The number of amides is 1. The zero-order valence-corrected chi connectivity index (χ0v) is 15.6. The number of esters is 1. The smallest absolute Gasteiger partial charge is 0.308 e. The van der Waals surface area contributed by atoms with Crippen LogP contribution in [0.2, 0.25) is 5.02 Å². The summed E-state index contributed by atoms with van der Waals surface area (Å²) >= 11 is 5.99. The van der Waals surface area contributed by atoms with Crippen molar-refractivity contribution in [2.45, 2.75) is 31.3 Å². The number of sulfonamides is 1. The third kappa shape index (κ3) is 4.49. The fourth-order valence-electron chi connectivity index (χ4n) is 2.35. The lowest BCUT2D eigenvalue weighted by atomic mass is 10.2. The number of aryl methyl sites for hydroxylation is 2. The van der Waals surface area contributed by atoms with Gasteiger partial charge in [-0.1, -0.05) is 11.6 Å². The zero-order chi connectivity index (χ0) is 18.8. The molecule has 1 N–H and O–H groups in total. The van der Waals surface area contributed by atoms with Gasteiger partial charge in [0.25, 0.3) is 15.9 Å². The van der Waals surface area contributed by atoms with Gasteiger partial charge in [0.1, 0.15) is 6.10 Å². The van der Waals surface area contributed by atoms with E-state index in [2.05, 4.69) is 9.57 Å². The van der Waals surface area contributed by atoms with Gasteiger partial charge in [-0.3, -0.25) is 14.6 Å². The van der Waals surface area contributed by atoms with Crippen LogP contribution < -0.4 is 4.83 Å². The molecule has 25 heavy (non-hydrogen) atoms. The van der Waals surface area contributed by atoms with Gasteiger partial charge in [0.15, 0.2) is 0 Å². The van der Waals surface area contributed by atoms with Crippen molar-refractivity contribution in [3.63, 3.8) is 0 Å². The molecule has 1 aliphatic rings. The van der Waals surface area contributed by atoms with Crippen molar-refractivity contribution in [3.8, 4) is 0 Å². The Morgan fingerprint density at radius 1 is 1.40 bits per heavy atom. The molecule has 1 aromatic rings. The van der Waals surface area contributed by atoms with Crippen LogP contribution in [-0.2, 0) is 29.1 Å². The quantitative estimate of drug-likeness (QED) is 0.751. The molecule has 0 saturated carbocycles. The third-order valence-electron chi connectivity index (χ3n) is 3.73. The van der Waals surface area contributed by atoms with Crippen molar-refractivity contribution in [2.75, 3.05) is 20.3 Å². The van der Waals surface area contributed by atoms with Crippen molar-refractivity contribution in [1.82, 2.24) is 9.84 Å². The number of hydrazine groups is 1. The van der Waals surface area contributed by atoms with Crippen LogP contribution >= 0.6 is 11.6 Å². The molecule has 10 heteroatoms. The van der Waals surface area contributed by atoms with E-state index in [9.17, 15) is 18.0 Å². The molecule has 8 nitrogen and oxygen atoms in total. The molecule has 1 aliphatic heterocycles. The number of hydrogen-bond donors (Lipinski definition) is 1. The lowest BCUT2D eigenvalue weighted by Crippen LogP contribution is -2.56. The van der Waals surface area contributed by atoms with Crippen LogP contribution in [-0.4, -0.2) is 51.7 Å². The van der Waals surface area contributed by atoms with Crippen LogP contribution in [0.1, 0.15) is 17.5 Å². The fourth-order valence-corrected chi connectivity index (χ4v) is 3.95. The Kier molecular flexibility index (Phi) is 6.04. The number of carbonyl (C=O) groups excluding carboxylic acids is 2. The third-order valence-corrected chi connectivity index (χ3v) is 5.62. The number of morpholine rings is 1. The highest BCUT2D eigenvalue weighted by Crippen LogP contribution is 2.24. The summed E-state index contributed by atoms with van der Waals surface area (Å²) in [5, 5.41) is 1.40. The van der Waals surface area contributed by atoms with E-state index in [1.165, 1.54) is 13.2 Å². The highest BCUT2D eigenvalue weighted by Gasteiger charge is 2.34. The maximum Gasteiger partial charge on any atom is 0.308 e. The van der Waals surface area contributed by atoms with Gasteiger partial charge < -0.3 is 9.47 Å². The van der Waals surface area contributed by atoms with Crippen molar-refractivity contribution in [3.05, 3.63) is 28.3 Å². The molecular weight excluding hydrogens is 372 g/mol. The summed E-state index contributed by atoms with van der Waals surface area (Å²) in [6, 6.07) is 2.99. The van der Waals surface area contributed by atoms with Gasteiger partial charge in [-0.15, -0.1) is 4.83 Å². The second-order valence-corrected chi connectivity index (χ2v) is 7.63. The molecule has 1 heterocycles. The van der Waals surface area contributed by atoms with Crippen LogP contribution in [0.25, 0.3) is 0 Å². The molecule has 138 valence electrons. The summed E-state index contributed by atoms with van der Waals surface area (Å²) in [6.07, 6.45) is -1.37. The predicted molar refractivity (Wildman–Crippen MR) is 89.3 cm³/mol. The highest BCUT2D eigenvalue weighted by molar-refractivity contribution is 7.89. The lowest BCUT2D eigenvalue weighted by molar-refractivity contribution is -0.162. The van der Waals surface area contributed by atoms with Crippen molar-refractivity contribution < 1.29 is 27.5 Å². The summed E-state index contributed by atoms with van der Waals surface area (Å²) in [5.74, 6) is -1.27. The van der Waals surface area contributed by atoms with E-state index in [0.717, 1.165) is 5.01 Å². The van der Waals surface area contributed by atoms with Crippen LogP contribution in [0.4, 0.5) is 0 Å². The first-order chi connectivity index (χ1) is 11.7. The van der Waals surface area contributed by atoms with E-state index < -0.39 is 28.0 Å². The highest BCUT2D eigenvalue weighted by atomic mass is 35.5. The molecule has 0 spiro atoms. The van der Waals surface area contributed by atoms with E-state index >= 15 is 0 Å². The van der Waals surface area contributed by atoms with E-state index in [4.69, 9.17) is 16.3 Å². The minimum absolute atomic E-state index is 0.0261. The second kappa shape index (κ2) is 7.69. The Bertz CT molecular complexity index is 795. The molecule has 0 bridgehead atoms. The number of benzene rings is 1. The molecule has 0 aliphatic carbocycles. The number of nitrogens with one attached hydrogen (secondary N) is 1. The topological polar surface area (TPSA) is 102 Å². The number of carbonyl (C=O) groups is 2. The number of hydrogen-bond acceptors (Lipinski definition) is 6. The fraction of sp³-hybridized carbons (Fsp3) is 0.467. The first-order valence-electron chi connectivity index (χ1n) is 7.44. The predicted octanol–water partition coefficient (Wildman–Crippen LogP) is 0.941. The molecule has 1 atom stereocenters. The first kappa shape index (κ1) is 19.6. The Balaban J connectivity index is 2.21. The van der Waals surface area contributed by atoms with Gasteiger partial charge in [-0.2, -0.15) is 0 Å². The van der Waals surface area contributed by atoms with Gasteiger partial charge in [-0.05, 0) is 37.1 Å². The molecular formula is C15H19ClN2O6S. The van der Waals surface area contributed by atoms with Gasteiger partial charge >= 0.3 is 5.97 Å². The summed E-state index contributed by atoms with van der Waals surface area (Å²) in [7, 11) is -2.80. The minimum Gasteiger partial charge on any atom is -0.469 e. The van der Waals surface area contributed by atoms with Crippen molar-refractivity contribution in [1.29, 1.82) is 0 Å². The first-order valence-corrected chi connectivity index (χ1v) is 9.31. The van der Waals surface area contributed by atoms with Gasteiger partial charge in [0.05, 0.1) is 31.6 Å². The number of rotatable bonds is 5. The molecule has 1 aromatic carbocycles. The Hall–Kier alpha value is -1.68. The summed E-state index contributed by atoms with van der Waals surface area (Å²) in [5.41, 5.74) is 1.06. The standard InChI is InChI=1S/C15H19ClN2O6S/c1-9-7-13(10(2)6-11(9)16)25(21,22)17-18-4-5-24-12(15(18)20)8-14(19)23-3/h6-7,12,17H,4-5,8H2,1-3H3/t12-/m0/s1. The van der Waals surface area contributed by atoms with Crippen LogP contribution in [0.5, 0.6) is 0 Å². The van der Waals surface area contributed by atoms with E-state index in [1.54, 1.807) is 19.9 Å². The molecule has 1 amide bonds. The molecule has 0 unspecified atom stereocenters. The normalized spacial score (nSPS) is 18.3. The van der Waals surface area contributed by atoms with Gasteiger partial charge in [0, 0.05) is 5.02 Å². The van der Waals surface area contributed by atoms with Crippen LogP contribution in [0.3, 0.4) is 0 Å². The zero-order valence-electron chi connectivity index (χ0n) is 14.0. The Labute approximate surface area is 151 Å². The van der Waals surface area contributed by atoms with Crippen molar-refractivity contribution >= 4 is 33.5 Å². The minimum atomic E-state index is -4.00. The maximum atomic E-state index is 12.6. The van der Waals surface area contributed by atoms with E-state index in [0.29, 0.717) is 16.1 Å². The lowest BCUT2D eigenvalue weighted by Gasteiger charge is -2.31. The maximum absolute atomic E-state index is 12.6. The van der Waals surface area contributed by atoms with E-state index in [-0.39, 0.29) is 24.5 Å². The molecule has 1 saturated heterocycles. The summed E-state index contributed by atoms with van der Waals surface area (Å²) in [6.45, 7) is 3.42. The second-order valence-electron chi connectivity index (χ2n) is 5.59. The number of methoxy groups -OCH3 is 1. The SMILES string of the molecule is COC(=O)C[C@@H]1OCCN(NS(=O)(=O)c2cc(C)c(Cl)cc2C)C1=O. The number of nitrogens with zero attached hydrogens (tertiary/aromatic N) is 1. The number of halogens is 1. The van der Waals surface area contributed by atoms with Gasteiger partial charge in [0.2, 0.25) is 0 Å². The molecule has 0 radical (unpaired) electrons. The van der Waals surface area contributed by atoms with Crippen LogP contribution in [0, 0.1) is 13.8 Å². The monoisotopic (exact) mass is 390 g/mol. The van der Waals surface area contributed by atoms with Crippen LogP contribution in [0.15, 0.2) is 17.0 Å². The van der Waals surface area contributed by atoms with Gasteiger partial charge in [-0.25, -0.2) is 8.42 Å². The average molecular weight is 391 g/mol. The summed E-state index contributed by atoms with van der Waals surface area (Å²) in [4.78, 5) is 25.9. The summed E-state index contributed by atoms with van der Waals surface area (Å²) < 4.78 is 35.0. The Morgan fingerprint density at radius 3 is 2.72 bits per heavy atom. The van der Waals surface area contributed by atoms with E-state index in [1.807, 2.05) is 0 Å². The molecule has 1 fully saturated rings. The molecule has 0 aromatic heterocycles. The average Bonchev–Trinajstić information content (AvgIpc) is 2.54. The van der Waals surface area contributed by atoms with Crippen molar-refractivity contribution in [2.24, 2.45) is 0 Å². The molecule has 2 rings (SSSR count).